The Morgan fingerprint density at radius 2 is 2.00 bits per heavy atom. The van der Waals surface area contributed by atoms with E-state index in [1.54, 1.807) is 25.2 Å². The van der Waals surface area contributed by atoms with Gasteiger partial charge in [-0.3, -0.25) is 4.98 Å². The summed E-state index contributed by atoms with van der Waals surface area (Å²) < 4.78 is 11.8. The lowest BCUT2D eigenvalue weighted by Crippen LogP contribution is -2.44. The van der Waals surface area contributed by atoms with Gasteiger partial charge in [0, 0.05) is 45.5 Å². The van der Waals surface area contributed by atoms with Crippen LogP contribution in [0.5, 0.6) is 5.88 Å². The third-order valence-electron chi connectivity index (χ3n) is 5.57. The predicted octanol–water partition coefficient (Wildman–Crippen LogP) is 2.43. The zero-order valence-corrected chi connectivity index (χ0v) is 17.1. The molecule has 0 bridgehead atoms. The zero-order valence-electron chi connectivity index (χ0n) is 17.1. The maximum atomic E-state index is 11.9. The van der Waals surface area contributed by atoms with Gasteiger partial charge in [0.15, 0.2) is 0 Å². The smallest absolute Gasteiger partial charge is 0.317 e. The second-order valence-corrected chi connectivity index (χ2v) is 7.89. The molecule has 4 rings (SSSR count). The summed E-state index contributed by atoms with van der Waals surface area (Å²) in [5.74, 6) is 1.54. The number of morpholine rings is 1. The van der Waals surface area contributed by atoms with Crippen LogP contribution in [0.1, 0.15) is 25.7 Å². The quantitative estimate of drug-likeness (QED) is 0.851. The van der Waals surface area contributed by atoms with Crippen molar-refractivity contribution in [2.75, 3.05) is 45.3 Å². The molecule has 1 aliphatic carbocycles. The normalized spacial score (nSPS) is 22.3. The second kappa shape index (κ2) is 8.82. The van der Waals surface area contributed by atoms with Gasteiger partial charge in [-0.15, -0.1) is 0 Å². The number of hydrogen-bond acceptors (Lipinski definition) is 6. The van der Waals surface area contributed by atoms with E-state index >= 15 is 0 Å². The number of carbonyl (C=O) groups excluding carboxylic acids is 1. The number of hydrogen-bond donors (Lipinski definition) is 1. The van der Waals surface area contributed by atoms with Crippen LogP contribution in [0.4, 0.5) is 10.6 Å². The summed E-state index contributed by atoms with van der Waals surface area (Å²) in [6, 6.07) is 6.12. The number of carbonyl (C=O) groups is 1. The molecule has 2 aliphatic rings. The molecule has 0 radical (unpaired) electrons. The molecule has 0 atom stereocenters. The van der Waals surface area contributed by atoms with Crippen molar-refractivity contribution in [1.29, 1.82) is 0 Å². The summed E-state index contributed by atoms with van der Waals surface area (Å²) in [5.41, 5.74) is 0.894. The molecule has 2 aromatic rings. The number of fused-ring (bicyclic) bond motifs is 1. The van der Waals surface area contributed by atoms with Gasteiger partial charge >= 0.3 is 6.03 Å². The monoisotopic (exact) mass is 399 g/mol. The van der Waals surface area contributed by atoms with Gasteiger partial charge in [0.25, 0.3) is 0 Å². The van der Waals surface area contributed by atoms with Gasteiger partial charge in [-0.25, -0.2) is 4.79 Å². The molecule has 1 aliphatic heterocycles. The van der Waals surface area contributed by atoms with Crippen molar-refractivity contribution in [3.05, 3.63) is 24.4 Å². The Balaban J connectivity index is 1.47. The van der Waals surface area contributed by atoms with Gasteiger partial charge < -0.3 is 24.6 Å². The van der Waals surface area contributed by atoms with Gasteiger partial charge in [0.05, 0.1) is 24.1 Å². The first kappa shape index (κ1) is 19.7. The highest BCUT2D eigenvalue weighted by atomic mass is 16.5. The van der Waals surface area contributed by atoms with Gasteiger partial charge in [-0.2, -0.15) is 4.98 Å². The highest BCUT2D eigenvalue weighted by Crippen LogP contribution is 2.30. The average Bonchev–Trinajstić information content (AvgIpc) is 2.75. The average molecular weight is 399 g/mol. The largest absolute Gasteiger partial charge is 0.474 e. The molecule has 156 valence electrons. The van der Waals surface area contributed by atoms with E-state index in [-0.39, 0.29) is 18.2 Å². The number of urea groups is 1. The van der Waals surface area contributed by atoms with E-state index in [9.17, 15) is 4.79 Å². The Bertz CT molecular complexity index is 845. The second-order valence-electron chi connectivity index (χ2n) is 7.89. The third kappa shape index (κ3) is 4.70. The van der Waals surface area contributed by atoms with Crippen molar-refractivity contribution in [2.45, 2.75) is 37.8 Å². The molecule has 3 heterocycles. The number of amides is 2. The van der Waals surface area contributed by atoms with Gasteiger partial charge in [-0.05, 0) is 37.8 Å². The van der Waals surface area contributed by atoms with E-state index in [1.807, 2.05) is 18.2 Å². The zero-order chi connectivity index (χ0) is 20.2. The number of anilines is 1. The third-order valence-corrected chi connectivity index (χ3v) is 5.57. The van der Waals surface area contributed by atoms with Crippen molar-refractivity contribution >= 4 is 22.8 Å². The highest BCUT2D eigenvalue weighted by molar-refractivity contribution is 5.85. The molecule has 8 heteroatoms. The van der Waals surface area contributed by atoms with Crippen molar-refractivity contribution in [3.8, 4) is 5.88 Å². The van der Waals surface area contributed by atoms with Crippen LogP contribution in [0, 0.1) is 0 Å². The van der Waals surface area contributed by atoms with Crippen LogP contribution in [0.3, 0.4) is 0 Å². The topological polar surface area (TPSA) is 79.8 Å². The molecule has 1 saturated heterocycles. The van der Waals surface area contributed by atoms with E-state index in [0.717, 1.165) is 55.5 Å². The minimum absolute atomic E-state index is 0.0358. The van der Waals surface area contributed by atoms with Crippen molar-refractivity contribution < 1.29 is 14.3 Å². The Labute approximate surface area is 171 Å². The van der Waals surface area contributed by atoms with Crippen LogP contribution in [0.2, 0.25) is 0 Å². The minimum Gasteiger partial charge on any atom is -0.474 e. The van der Waals surface area contributed by atoms with Crippen molar-refractivity contribution in [3.63, 3.8) is 0 Å². The van der Waals surface area contributed by atoms with Gasteiger partial charge in [0.1, 0.15) is 11.9 Å². The molecule has 8 nitrogen and oxygen atoms in total. The van der Waals surface area contributed by atoms with E-state index < -0.39 is 0 Å². The number of nitrogens with zero attached hydrogens (tertiary/aromatic N) is 4. The Kier molecular flexibility index (Phi) is 5.99. The SMILES string of the molecule is CN(C)C(=O)NC1CCC(Oc2nc(N3CCOCC3)cc3ncccc23)CC1. The van der Waals surface area contributed by atoms with E-state index in [0.29, 0.717) is 19.1 Å². The Morgan fingerprint density at radius 1 is 1.24 bits per heavy atom. The van der Waals surface area contributed by atoms with Crippen LogP contribution in [-0.2, 0) is 4.74 Å². The Hall–Kier alpha value is -2.61. The molecular formula is C21H29N5O3. The molecule has 1 N–H and O–H groups in total. The van der Waals surface area contributed by atoms with E-state index in [2.05, 4.69) is 15.2 Å². The Morgan fingerprint density at radius 3 is 2.72 bits per heavy atom. The molecule has 0 unspecified atom stereocenters. The van der Waals surface area contributed by atoms with Crippen LogP contribution < -0.4 is 15.0 Å². The van der Waals surface area contributed by atoms with E-state index in [4.69, 9.17) is 14.5 Å². The highest BCUT2D eigenvalue weighted by Gasteiger charge is 2.25. The number of nitrogens with one attached hydrogen (secondary N) is 1. The summed E-state index contributed by atoms with van der Waals surface area (Å²) in [4.78, 5) is 25.0. The summed E-state index contributed by atoms with van der Waals surface area (Å²) in [6.45, 7) is 3.06. The molecule has 1 saturated carbocycles. The van der Waals surface area contributed by atoms with Crippen LogP contribution in [0.25, 0.3) is 10.9 Å². The van der Waals surface area contributed by atoms with Crippen molar-refractivity contribution in [2.24, 2.45) is 0 Å². The lowest BCUT2D eigenvalue weighted by molar-refractivity contribution is 0.121. The van der Waals surface area contributed by atoms with Gasteiger partial charge in [-0.1, -0.05) is 0 Å². The number of rotatable bonds is 4. The molecule has 0 spiro atoms. The minimum atomic E-state index is -0.0358. The molecule has 0 aromatic carbocycles. The lowest BCUT2D eigenvalue weighted by Gasteiger charge is -2.31. The fourth-order valence-electron chi connectivity index (χ4n) is 3.86. The maximum absolute atomic E-state index is 11.9. The standard InChI is InChI=1S/C21H29N5O3/c1-25(2)21(27)23-15-5-7-16(8-6-15)29-20-17-4-3-9-22-18(17)14-19(24-20)26-10-12-28-13-11-26/h3-4,9,14-16H,5-8,10-13H2,1-2H3,(H,23,27). The first-order chi connectivity index (χ1) is 14.1. The maximum Gasteiger partial charge on any atom is 0.317 e. The van der Waals surface area contributed by atoms with Gasteiger partial charge in [0.2, 0.25) is 5.88 Å². The number of aromatic nitrogens is 2. The molecular weight excluding hydrogens is 370 g/mol. The molecule has 29 heavy (non-hydrogen) atoms. The van der Waals surface area contributed by atoms with Crippen LogP contribution in [0.15, 0.2) is 24.4 Å². The number of ether oxygens (including phenoxy) is 2. The first-order valence-electron chi connectivity index (χ1n) is 10.3. The molecule has 2 aromatic heterocycles. The lowest BCUT2D eigenvalue weighted by atomic mass is 9.93. The van der Waals surface area contributed by atoms with Crippen LogP contribution >= 0.6 is 0 Å². The summed E-state index contributed by atoms with van der Waals surface area (Å²) in [7, 11) is 3.52. The molecule has 2 fully saturated rings. The molecule has 2 amide bonds. The fraction of sp³-hybridized carbons (Fsp3) is 0.571. The van der Waals surface area contributed by atoms with Crippen molar-refractivity contribution in [1.82, 2.24) is 20.2 Å². The van der Waals surface area contributed by atoms with E-state index in [1.165, 1.54) is 0 Å². The first-order valence-corrected chi connectivity index (χ1v) is 10.3. The van der Waals surface area contributed by atoms with Crippen LogP contribution in [-0.4, -0.2) is 73.4 Å². The predicted molar refractivity (Wildman–Crippen MR) is 111 cm³/mol. The fourth-order valence-corrected chi connectivity index (χ4v) is 3.86. The summed E-state index contributed by atoms with van der Waals surface area (Å²) in [6.07, 6.45) is 5.49. The summed E-state index contributed by atoms with van der Waals surface area (Å²) in [5, 5.41) is 4.01. The summed E-state index contributed by atoms with van der Waals surface area (Å²) >= 11 is 0. The number of pyridine rings is 2.